The molecule has 2 rings (SSSR count). The van der Waals surface area contributed by atoms with Gasteiger partial charge < -0.3 is 30.6 Å². The summed E-state index contributed by atoms with van der Waals surface area (Å²) in [4.78, 5) is 58.9. The normalized spacial score (nSPS) is 13.3. The van der Waals surface area contributed by atoms with Crippen molar-refractivity contribution in [2.75, 3.05) is 0 Å². The third kappa shape index (κ3) is 55.0. The zero-order valence-electron chi connectivity index (χ0n) is 48.1. The van der Waals surface area contributed by atoms with E-state index in [4.69, 9.17) is 0 Å². The van der Waals surface area contributed by atoms with E-state index in [-0.39, 0.29) is 34.1 Å². The minimum absolute atomic E-state index is 0. The SMILES string of the molecule is CCCCn1cc[n+](C)c1.CCCCn1cc[n+](C)c1.O=C(/C=C(\[O-])C(F)(F)F)C(F)(F)F.O=C(/C=C(\[O-])C(F)(F)F)C(F)(F)F.O=C(/C=C(\[O-])C(F)(F)F)C(F)(F)F.O=C(/C=C(\[O-])C(F)(F)F)C(F)(F)F.O=C(/C=C(\[O-])C(F)(F)F)C(F)(F)F.O=C(/C=C(\[O-])C(F)(F)F)C(F)(F)F.[Cu+2].[Cu+2]. The Balaban J connectivity index is -0.000000161. The average molecular weight is 1650 g/mol. The number of carbonyl (C=O) groups is 6. The summed E-state index contributed by atoms with van der Waals surface area (Å²) < 4.78 is 415. The van der Waals surface area contributed by atoms with Crippen LogP contribution in [0.3, 0.4) is 0 Å². The van der Waals surface area contributed by atoms with Crippen molar-refractivity contribution in [3.8, 4) is 0 Å². The van der Waals surface area contributed by atoms with E-state index in [1.54, 1.807) is 0 Å². The van der Waals surface area contributed by atoms with E-state index >= 15 is 0 Å². The fraction of sp³-hybridized carbons (Fsp3) is 0.478. The van der Waals surface area contributed by atoms with Gasteiger partial charge in [-0.1, -0.05) is 26.7 Å². The predicted molar refractivity (Wildman–Crippen MR) is 232 cm³/mol. The molecule has 0 saturated carbocycles. The van der Waals surface area contributed by atoms with Crippen LogP contribution >= 0.6 is 0 Å². The van der Waals surface area contributed by atoms with Crippen molar-refractivity contribution in [2.45, 2.75) is 127 Å². The van der Waals surface area contributed by atoms with Crippen LogP contribution in [0.25, 0.3) is 0 Å². The van der Waals surface area contributed by atoms with Gasteiger partial charge in [0, 0.05) is 0 Å². The molecule has 0 fully saturated rings. The second-order valence-electron chi connectivity index (χ2n) is 16.6. The maximum Gasteiger partial charge on any atom is 2.00 e. The van der Waals surface area contributed by atoms with Crippen molar-refractivity contribution in [2.24, 2.45) is 14.1 Å². The molecule has 0 saturated heterocycles. The Hall–Kier alpha value is -7.80. The molecular formula is C46H36Cu2F36N4O12. The molecule has 0 N–H and O–H groups in total. The van der Waals surface area contributed by atoms with E-state index in [9.17, 15) is 217 Å². The Kier molecular flexibility index (Phi) is 47.3. The molecular weight excluding hydrogens is 1610 g/mol. The first-order valence-electron chi connectivity index (χ1n) is 23.4. The predicted octanol–water partition coefficient (Wildman–Crippen LogP) is 7.77. The topological polar surface area (TPSA) is 258 Å². The Morgan fingerprint density at radius 2 is 0.420 bits per heavy atom. The summed E-state index contributed by atoms with van der Waals surface area (Å²) >= 11 is 0. The summed E-state index contributed by atoms with van der Waals surface area (Å²) in [5, 5.41) is 58.9. The fourth-order valence-electron chi connectivity index (χ4n) is 3.65. The molecule has 2 aromatic rings. The standard InChI is InChI=1S/2C8H15N2.6C5H2F6O2.2Cu/c2*1-3-4-5-10-7-6-9(2)8-10;6*6-4(7,8)2(12)1-3(13)5(9,10)11;;/h2*6-8H,3-5H2,1-2H3;6*1,12H;;/q2*+1;;;;;;;2*+2/p-6/b;;6*2-1-;;. The molecule has 0 amide bonds. The number of aryl methyl sites for hydroxylation is 4. The van der Waals surface area contributed by atoms with Gasteiger partial charge in [-0.05, 0) is 83.9 Å². The number of alkyl halides is 36. The summed E-state index contributed by atoms with van der Waals surface area (Å²) in [5.74, 6) is -33.9. The monoisotopic (exact) mass is 1650 g/mol. The summed E-state index contributed by atoms with van der Waals surface area (Å²) in [5.41, 5.74) is 0. The van der Waals surface area contributed by atoms with Crippen molar-refractivity contribution in [3.05, 3.63) is 108 Å². The van der Waals surface area contributed by atoms with Gasteiger partial charge in [0.2, 0.25) is 12.7 Å². The molecule has 0 aliphatic carbocycles. The smallest absolute Gasteiger partial charge is 0.869 e. The minimum atomic E-state index is -5.46. The number of rotatable bonds is 12. The molecule has 54 heteroatoms. The summed E-state index contributed by atoms with van der Waals surface area (Å²) in [6.45, 7) is 6.72. The number of imidazole rings is 2. The van der Waals surface area contributed by atoms with Gasteiger partial charge in [0.25, 0.3) is 34.7 Å². The van der Waals surface area contributed by atoms with Crippen LogP contribution in [0, 0.1) is 0 Å². The Morgan fingerprint density at radius 1 is 0.290 bits per heavy atom. The third-order valence-corrected chi connectivity index (χ3v) is 8.11. The Labute approximate surface area is 553 Å². The van der Waals surface area contributed by atoms with E-state index in [0.717, 1.165) is 13.1 Å². The molecule has 0 aliphatic rings. The van der Waals surface area contributed by atoms with Crippen LogP contribution in [0.2, 0.25) is 0 Å². The van der Waals surface area contributed by atoms with Gasteiger partial charge in [-0.3, -0.25) is 28.8 Å². The molecule has 2 radical (unpaired) electrons. The van der Waals surface area contributed by atoms with E-state index < -0.39 is 180 Å². The van der Waals surface area contributed by atoms with Crippen LogP contribution in [0.4, 0.5) is 158 Å². The van der Waals surface area contributed by atoms with Gasteiger partial charge in [0.05, 0.1) is 27.2 Å². The number of nitrogens with zero attached hydrogens (tertiary/aromatic N) is 4. The second-order valence-corrected chi connectivity index (χ2v) is 16.6. The van der Waals surface area contributed by atoms with Crippen LogP contribution in [0.15, 0.2) is 108 Å². The van der Waals surface area contributed by atoms with Crippen LogP contribution in [-0.4, -0.2) is 118 Å². The van der Waals surface area contributed by atoms with Crippen LogP contribution in [0.1, 0.15) is 39.5 Å². The molecule has 16 nitrogen and oxygen atoms in total. The van der Waals surface area contributed by atoms with Crippen molar-refractivity contribution < 1.29 is 261 Å². The Morgan fingerprint density at radius 3 is 0.500 bits per heavy atom. The molecule has 0 unspecified atom stereocenters. The minimum Gasteiger partial charge on any atom is -0.869 e. The third-order valence-electron chi connectivity index (χ3n) is 8.11. The zero-order valence-corrected chi connectivity index (χ0v) is 50.0. The zero-order chi connectivity index (χ0) is 80.0. The molecule has 0 aliphatic heterocycles. The summed E-state index contributed by atoms with van der Waals surface area (Å²) in [6.07, 6.45) is -54.0. The van der Waals surface area contributed by atoms with Crippen molar-refractivity contribution in [1.29, 1.82) is 0 Å². The first kappa shape index (κ1) is 108. The Bertz CT molecular complexity index is 2580. The van der Waals surface area contributed by atoms with Crippen molar-refractivity contribution >= 4 is 34.7 Å². The fourth-order valence-corrected chi connectivity index (χ4v) is 3.65. The van der Waals surface area contributed by atoms with Gasteiger partial charge >= 0.3 is 108 Å². The van der Waals surface area contributed by atoms with Gasteiger partial charge in [-0.2, -0.15) is 158 Å². The summed E-state index contributed by atoms with van der Waals surface area (Å²) in [6, 6.07) is 0. The van der Waals surface area contributed by atoms with E-state index in [1.165, 1.54) is 25.7 Å². The molecule has 0 bridgehead atoms. The van der Waals surface area contributed by atoms with E-state index in [0.29, 0.717) is 0 Å². The molecule has 0 aromatic carbocycles. The number of hydrogen-bond donors (Lipinski definition) is 0. The van der Waals surface area contributed by atoms with E-state index in [2.05, 4.69) is 69.6 Å². The second kappa shape index (κ2) is 43.8. The van der Waals surface area contributed by atoms with Crippen LogP contribution in [0.5, 0.6) is 0 Å². The molecule has 0 spiro atoms. The maximum absolute atomic E-state index is 11.3. The molecule has 2 aromatic heterocycles. The number of unbranched alkanes of at least 4 members (excludes halogenated alkanes) is 2. The molecule has 100 heavy (non-hydrogen) atoms. The van der Waals surface area contributed by atoms with E-state index in [1.807, 2.05) is 14.1 Å². The van der Waals surface area contributed by atoms with Crippen molar-refractivity contribution in [3.63, 3.8) is 0 Å². The number of ketones is 6. The first-order chi connectivity index (χ1) is 42.9. The summed E-state index contributed by atoms with van der Waals surface area (Å²) in [7, 11) is 4.09. The van der Waals surface area contributed by atoms with Crippen LogP contribution < -0.4 is 39.8 Å². The number of halogens is 36. The number of hydrogen-bond acceptors (Lipinski definition) is 12. The largest absolute Gasteiger partial charge is 2.00 e. The number of carbonyl (C=O) groups excluding carboxylic acids is 6. The van der Waals surface area contributed by atoms with Gasteiger partial charge in [-0.25, -0.2) is 18.3 Å². The maximum atomic E-state index is 11.3. The first-order valence-corrected chi connectivity index (χ1v) is 23.4. The van der Waals surface area contributed by atoms with Gasteiger partial charge in [-0.15, -0.1) is 0 Å². The van der Waals surface area contributed by atoms with Gasteiger partial charge in [0.1, 0.15) is 24.8 Å². The quantitative estimate of drug-likeness (QED) is 0.0649. The number of allylic oxidation sites excluding steroid dienone is 12. The molecule has 2 heterocycles. The average Bonchev–Trinajstić information content (AvgIpc) is 1.32. The molecule has 0 atom stereocenters. The van der Waals surface area contributed by atoms with Crippen molar-refractivity contribution in [1.82, 2.24) is 9.13 Å². The van der Waals surface area contributed by atoms with Gasteiger partial charge in [0.15, 0.2) is 0 Å². The number of aromatic nitrogens is 4. The van der Waals surface area contributed by atoms with Crippen LogP contribution in [-0.2, 0) is 90.1 Å². The molecule has 586 valence electrons.